The second-order valence-electron chi connectivity index (χ2n) is 7.49. The van der Waals surface area contributed by atoms with Crippen LogP contribution in [-0.4, -0.2) is 47.3 Å². The molecule has 7 nitrogen and oxygen atoms in total. The van der Waals surface area contributed by atoms with Gasteiger partial charge in [0, 0.05) is 29.6 Å². The first-order valence-electron chi connectivity index (χ1n) is 10.3. The zero-order valence-electron chi connectivity index (χ0n) is 17.1. The predicted molar refractivity (Wildman–Crippen MR) is 133 cm³/mol. The number of aryl methyl sites for hydroxylation is 1. The number of amides is 1. The summed E-state index contributed by atoms with van der Waals surface area (Å²) in [6.45, 7) is 0.640. The minimum absolute atomic E-state index is 0.00172. The summed E-state index contributed by atoms with van der Waals surface area (Å²) in [7, 11) is 0. The number of H-pyrrole nitrogens is 2. The second kappa shape index (κ2) is 9.35. The van der Waals surface area contributed by atoms with Gasteiger partial charge in [-0.3, -0.25) is 9.69 Å². The van der Waals surface area contributed by atoms with E-state index in [2.05, 4.69) is 61.3 Å². The van der Waals surface area contributed by atoms with Crippen molar-refractivity contribution >= 4 is 62.5 Å². The van der Waals surface area contributed by atoms with Crippen molar-refractivity contribution in [2.24, 2.45) is 0 Å². The Morgan fingerprint density at radius 2 is 2.06 bits per heavy atom. The molecule has 0 saturated carbocycles. The van der Waals surface area contributed by atoms with E-state index in [4.69, 9.17) is 12.2 Å². The molecule has 0 atom stereocenters. The SMILES string of the molecule is O=C1C(=Cc2cc(-c3ccc4[nH]ccc4c3)cs2)SC(=S)N1CCCCCc1nn[nH]n1. The van der Waals surface area contributed by atoms with Gasteiger partial charge in [-0.15, -0.1) is 21.5 Å². The third-order valence-electron chi connectivity index (χ3n) is 5.32. The highest BCUT2D eigenvalue weighted by atomic mass is 32.2. The van der Waals surface area contributed by atoms with Gasteiger partial charge in [0.15, 0.2) is 5.82 Å². The van der Waals surface area contributed by atoms with Gasteiger partial charge >= 0.3 is 0 Å². The van der Waals surface area contributed by atoms with Gasteiger partial charge in [-0.2, -0.15) is 5.21 Å². The topological polar surface area (TPSA) is 90.6 Å². The maximum Gasteiger partial charge on any atom is 0.266 e. The molecule has 1 saturated heterocycles. The number of carbonyl (C=O) groups is 1. The molecule has 4 aromatic rings. The quantitative estimate of drug-likeness (QED) is 0.209. The van der Waals surface area contributed by atoms with Crippen LogP contribution in [-0.2, 0) is 11.2 Å². The largest absolute Gasteiger partial charge is 0.361 e. The third kappa shape index (κ3) is 4.52. The van der Waals surface area contributed by atoms with Crippen LogP contribution in [0.1, 0.15) is 30.0 Å². The van der Waals surface area contributed by atoms with Gasteiger partial charge in [0.1, 0.15) is 4.32 Å². The lowest BCUT2D eigenvalue weighted by molar-refractivity contribution is -0.122. The zero-order valence-corrected chi connectivity index (χ0v) is 19.5. The number of nitrogens with one attached hydrogen (secondary N) is 2. The summed E-state index contributed by atoms with van der Waals surface area (Å²) in [6, 6.07) is 10.6. The Bertz CT molecular complexity index is 1290. The van der Waals surface area contributed by atoms with Crippen molar-refractivity contribution in [1.82, 2.24) is 30.5 Å². The summed E-state index contributed by atoms with van der Waals surface area (Å²) in [5.41, 5.74) is 3.45. The first-order valence-corrected chi connectivity index (χ1v) is 12.4. The molecule has 0 unspecified atom stereocenters. The molecule has 1 fully saturated rings. The predicted octanol–water partition coefficient (Wildman–Crippen LogP) is 5.02. The number of thiophene rings is 1. The maximum absolute atomic E-state index is 12.9. The number of nitrogens with zero attached hydrogens (tertiary/aromatic N) is 4. The lowest BCUT2D eigenvalue weighted by atomic mass is 10.1. The minimum Gasteiger partial charge on any atom is -0.361 e. The fourth-order valence-electron chi connectivity index (χ4n) is 3.65. The Labute approximate surface area is 198 Å². The molecule has 1 aliphatic heterocycles. The molecule has 5 rings (SSSR count). The van der Waals surface area contributed by atoms with E-state index in [0.29, 0.717) is 15.8 Å². The lowest BCUT2D eigenvalue weighted by Crippen LogP contribution is -2.29. The molecule has 2 N–H and O–H groups in total. The summed E-state index contributed by atoms with van der Waals surface area (Å²) in [6.07, 6.45) is 7.51. The third-order valence-corrected chi connectivity index (χ3v) is 7.58. The molecule has 1 amide bonds. The van der Waals surface area contributed by atoms with Crippen molar-refractivity contribution in [3.63, 3.8) is 0 Å². The van der Waals surface area contributed by atoms with Crippen LogP contribution in [0.15, 0.2) is 46.8 Å². The summed E-state index contributed by atoms with van der Waals surface area (Å²) in [5.74, 6) is 0.726. The summed E-state index contributed by atoms with van der Waals surface area (Å²) >= 11 is 8.49. The highest BCUT2D eigenvalue weighted by molar-refractivity contribution is 8.26. The van der Waals surface area contributed by atoms with E-state index >= 15 is 0 Å². The van der Waals surface area contributed by atoms with Gasteiger partial charge < -0.3 is 4.98 Å². The number of carbonyl (C=O) groups excluding carboxylic acids is 1. The fraction of sp³-hybridized carbons (Fsp3) is 0.227. The molecule has 0 radical (unpaired) electrons. The first kappa shape index (κ1) is 21.0. The average molecular weight is 481 g/mol. The standard InChI is InChI=1S/C22H20N6OS3/c29-21-19(32-22(30)28(21)9-3-1-2-4-20-24-26-27-25-20)12-17-11-16(13-31-17)14-5-6-18-15(10-14)7-8-23-18/h5-8,10-13,23H,1-4,9H2,(H,24,25,26,27). The molecule has 1 aromatic carbocycles. The number of unbranched alkanes of at least 4 members (excludes halogenated alkanes) is 2. The molecule has 162 valence electrons. The van der Waals surface area contributed by atoms with E-state index in [1.165, 1.54) is 22.7 Å². The van der Waals surface area contributed by atoms with Crippen molar-refractivity contribution in [3.8, 4) is 11.1 Å². The molecule has 1 aliphatic rings. The molecule has 32 heavy (non-hydrogen) atoms. The Hall–Kier alpha value is -2.82. The minimum atomic E-state index is 0.00172. The summed E-state index contributed by atoms with van der Waals surface area (Å²) < 4.78 is 0.633. The van der Waals surface area contributed by atoms with Crippen LogP contribution < -0.4 is 0 Å². The van der Waals surface area contributed by atoms with E-state index in [1.54, 1.807) is 16.2 Å². The Morgan fingerprint density at radius 3 is 2.94 bits per heavy atom. The second-order valence-corrected chi connectivity index (χ2v) is 10.1. The average Bonchev–Trinajstić information content (AvgIpc) is 3.58. The van der Waals surface area contributed by atoms with Crippen molar-refractivity contribution in [2.75, 3.05) is 6.54 Å². The molecule has 0 aliphatic carbocycles. The first-order chi connectivity index (χ1) is 15.7. The zero-order chi connectivity index (χ0) is 21.9. The molecule has 3 aromatic heterocycles. The van der Waals surface area contributed by atoms with Crippen LogP contribution in [0.4, 0.5) is 0 Å². The number of benzene rings is 1. The number of tetrazole rings is 1. The smallest absolute Gasteiger partial charge is 0.266 e. The van der Waals surface area contributed by atoms with Gasteiger partial charge in [0.25, 0.3) is 5.91 Å². The van der Waals surface area contributed by atoms with E-state index < -0.39 is 0 Å². The number of thioether (sulfide) groups is 1. The Balaban J connectivity index is 1.20. The van der Waals surface area contributed by atoms with E-state index in [1.807, 2.05) is 12.3 Å². The van der Waals surface area contributed by atoms with Gasteiger partial charge in [-0.05, 0) is 65.1 Å². The van der Waals surface area contributed by atoms with Crippen LogP contribution in [0, 0.1) is 0 Å². The van der Waals surface area contributed by atoms with Crippen molar-refractivity contribution in [2.45, 2.75) is 25.7 Å². The maximum atomic E-state index is 12.9. The number of aromatic amines is 2. The molecular formula is C22H20N6OS3. The normalized spacial score (nSPS) is 15.5. The van der Waals surface area contributed by atoms with Crippen LogP contribution in [0.5, 0.6) is 0 Å². The molecule has 4 heterocycles. The van der Waals surface area contributed by atoms with Crippen LogP contribution in [0.2, 0.25) is 0 Å². The number of hydrogen-bond acceptors (Lipinski definition) is 7. The highest BCUT2D eigenvalue weighted by Gasteiger charge is 2.31. The van der Waals surface area contributed by atoms with Gasteiger partial charge in [-0.1, -0.05) is 41.7 Å². The van der Waals surface area contributed by atoms with Crippen molar-refractivity contribution in [1.29, 1.82) is 0 Å². The van der Waals surface area contributed by atoms with Crippen molar-refractivity contribution < 1.29 is 4.79 Å². The Morgan fingerprint density at radius 1 is 1.12 bits per heavy atom. The lowest BCUT2D eigenvalue weighted by Gasteiger charge is -2.13. The van der Waals surface area contributed by atoms with Crippen LogP contribution in [0.25, 0.3) is 28.1 Å². The summed E-state index contributed by atoms with van der Waals surface area (Å²) in [4.78, 5) is 19.6. The van der Waals surface area contributed by atoms with E-state index in [9.17, 15) is 4.79 Å². The van der Waals surface area contributed by atoms with Gasteiger partial charge in [0.05, 0.1) is 4.91 Å². The molecular weight excluding hydrogens is 460 g/mol. The number of rotatable bonds is 8. The Kier molecular flexibility index (Phi) is 6.15. The highest BCUT2D eigenvalue weighted by Crippen LogP contribution is 2.35. The monoisotopic (exact) mass is 480 g/mol. The number of hydrogen-bond donors (Lipinski definition) is 2. The molecule has 10 heteroatoms. The van der Waals surface area contributed by atoms with E-state index in [-0.39, 0.29) is 5.91 Å². The summed E-state index contributed by atoms with van der Waals surface area (Å²) in [5, 5.41) is 17.2. The number of thiocarbonyl (C=S) groups is 1. The molecule has 0 spiro atoms. The van der Waals surface area contributed by atoms with Crippen LogP contribution >= 0.6 is 35.3 Å². The van der Waals surface area contributed by atoms with Gasteiger partial charge in [-0.25, -0.2) is 0 Å². The van der Waals surface area contributed by atoms with E-state index in [0.717, 1.165) is 47.5 Å². The molecule has 0 bridgehead atoms. The van der Waals surface area contributed by atoms with Gasteiger partial charge in [0.2, 0.25) is 0 Å². The van der Waals surface area contributed by atoms with Crippen LogP contribution in [0.3, 0.4) is 0 Å². The van der Waals surface area contributed by atoms with Crippen molar-refractivity contribution in [3.05, 3.63) is 57.5 Å². The fourth-order valence-corrected chi connectivity index (χ4v) is 5.88. The number of aromatic nitrogens is 5. The number of fused-ring (bicyclic) bond motifs is 1.